The molecular formula is C11H19N5O. The minimum absolute atomic E-state index is 0.559. The van der Waals surface area contributed by atoms with Gasteiger partial charge < -0.3 is 15.4 Å². The summed E-state index contributed by atoms with van der Waals surface area (Å²) in [5, 5.41) is 10.0. The van der Waals surface area contributed by atoms with E-state index >= 15 is 0 Å². The number of anilines is 2. The van der Waals surface area contributed by atoms with Gasteiger partial charge in [-0.3, -0.25) is 0 Å². The second-order valence-corrected chi connectivity index (χ2v) is 4.74. The van der Waals surface area contributed by atoms with Crippen LogP contribution in [0, 0.1) is 0 Å². The van der Waals surface area contributed by atoms with Crippen LogP contribution in [-0.4, -0.2) is 33.8 Å². The molecule has 0 aliphatic carbocycles. The van der Waals surface area contributed by atoms with Crippen LogP contribution >= 0.6 is 0 Å². The average Bonchev–Trinajstić information content (AvgIpc) is 2.50. The van der Waals surface area contributed by atoms with Crippen molar-refractivity contribution in [3.05, 3.63) is 12.4 Å². The SMILES string of the molecule is CC1(O)CCCN(c2cc(NN)ncn2)CC1. The third kappa shape index (κ3) is 3.04. The summed E-state index contributed by atoms with van der Waals surface area (Å²) in [6, 6.07) is 1.82. The molecule has 4 N–H and O–H groups in total. The van der Waals surface area contributed by atoms with Crippen molar-refractivity contribution in [3.63, 3.8) is 0 Å². The maximum atomic E-state index is 10.0. The van der Waals surface area contributed by atoms with Crippen LogP contribution in [0.4, 0.5) is 11.6 Å². The largest absolute Gasteiger partial charge is 0.390 e. The summed E-state index contributed by atoms with van der Waals surface area (Å²) < 4.78 is 0. The van der Waals surface area contributed by atoms with E-state index in [2.05, 4.69) is 20.3 Å². The molecule has 2 heterocycles. The summed E-state index contributed by atoms with van der Waals surface area (Å²) in [6.45, 7) is 3.59. The molecule has 1 fully saturated rings. The van der Waals surface area contributed by atoms with Crippen molar-refractivity contribution in [2.24, 2.45) is 5.84 Å². The molecule has 17 heavy (non-hydrogen) atoms. The Morgan fingerprint density at radius 3 is 3.00 bits per heavy atom. The number of aliphatic hydroxyl groups is 1. The molecule has 1 aromatic rings. The highest BCUT2D eigenvalue weighted by atomic mass is 16.3. The van der Waals surface area contributed by atoms with Crippen molar-refractivity contribution >= 4 is 11.6 Å². The predicted octanol–water partition coefficient (Wildman–Crippen LogP) is 0.503. The molecule has 2 rings (SSSR count). The molecule has 1 aromatic heterocycles. The van der Waals surface area contributed by atoms with Crippen molar-refractivity contribution in [2.45, 2.75) is 31.8 Å². The fourth-order valence-electron chi connectivity index (χ4n) is 2.09. The number of nitrogens with zero attached hydrogens (tertiary/aromatic N) is 3. The molecule has 0 saturated carbocycles. The topological polar surface area (TPSA) is 87.3 Å². The smallest absolute Gasteiger partial charge is 0.145 e. The monoisotopic (exact) mass is 237 g/mol. The lowest BCUT2D eigenvalue weighted by Gasteiger charge is -2.23. The van der Waals surface area contributed by atoms with Gasteiger partial charge in [-0.15, -0.1) is 0 Å². The molecule has 1 saturated heterocycles. The van der Waals surface area contributed by atoms with E-state index in [4.69, 9.17) is 5.84 Å². The minimum Gasteiger partial charge on any atom is -0.390 e. The van der Waals surface area contributed by atoms with E-state index in [0.29, 0.717) is 5.82 Å². The van der Waals surface area contributed by atoms with Crippen LogP contribution in [0.3, 0.4) is 0 Å². The van der Waals surface area contributed by atoms with Crippen LogP contribution in [0.5, 0.6) is 0 Å². The Hall–Kier alpha value is -1.40. The molecule has 1 aliphatic rings. The summed E-state index contributed by atoms with van der Waals surface area (Å²) in [5.74, 6) is 6.78. The van der Waals surface area contributed by atoms with E-state index in [0.717, 1.165) is 38.2 Å². The van der Waals surface area contributed by atoms with Crippen LogP contribution < -0.4 is 16.2 Å². The van der Waals surface area contributed by atoms with Crippen LogP contribution in [-0.2, 0) is 0 Å². The zero-order chi connectivity index (χ0) is 12.3. The number of hydrogen-bond acceptors (Lipinski definition) is 6. The normalized spacial score (nSPS) is 25.5. The van der Waals surface area contributed by atoms with Gasteiger partial charge in [-0.05, 0) is 26.2 Å². The molecule has 6 heteroatoms. The molecule has 0 amide bonds. The van der Waals surface area contributed by atoms with E-state index in [1.165, 1.54) is 6.33 Å². The molecule has 0 spiro atoms. The Labute approximate surface area is 101 Å². The molecule has 1 atom stereocenters. The summed E-state index contributed by atoms with van der Waals surface area (Å²) >= 11 is 0. The van der Waals surface area contributed by atoms with E-state index in [9.17, 15) is 5.11 Å². The second kappa shape index (κ2) is 4.85. The van der Waals surface area contributed by atoms with Crippen LogP contribution in [0.15, 0.2) is 12.4 Å². The third-order valence-electron chi connectivity index (χ3n) is 3.19. The minimum atomic E-state index is -0.559. The molecule has 0 aromatic carbocycles. The van der Waals surface area contributed by atoms with Gasteiger partial charge in [0.05, 0.1) is 5.60 Å². The molecule has 0 radical (unpaired) electrons. The predicted molar refractivity (Wildman–Crippen MR) is 66.5 cm³/mol. The highest BCUT2D eigenvalue weighted by molar-refractivity contribution is 5.47. The van der Waals surface area contributed by atoms with Gasteiger partial charge in [0.1, 0.15) is 18.0 Å². The number of nitrogens with one attached hydrogen (secondary N) is 1. The number of nitrogen functional groups attached to an aromatic ring is 1. The van der Waals surface area contributed by atoms with Crippen molar-refractivity contribution in [3.8, 4) is 0 Å². The lowest BCUT2D eigenvalue weighted by atomic mass is 9.98. The number of aromatic nitrogens is 2. The average molecular weight is 237 g/mol. The van der Waals surface area contributed by atoms with Crippen molar-refractivity contribution in [1.82, 2.24) is 9.97 Å². The molecule has 94 valence electrons. The Kier molecular flexibility index (Phi) is 3.44. The Bertz CT molecular complexity index is 382. The summed E-state index contributed by atoms with van der Waals surface area (Å²) in [7, 11) is 0. The maximum Gasteiger partial charge on any atom is 0.145 e. The lowest BCUT2D eigenvalue weighted by Crippen LogP contribution is -2.29. The van der Waals surface area contributed by atoms with Gasteiger partial charge in [0.15, 0.2) is 0 Å². The zero-order valence-corrected chi connectivity index (χ0v) is 10.1. The van der Waals surface area contributed by atoms with Crippen molar-refractivity contribution in [1.29, 1.82) is 0 Å². The lowest BCUT2D eigenvalue weighted by molar-refractivity contribution is 0.0481. The first kappa shape index (κ1) is 12.1. The van der Waals surface area contributed by atoms with Crippen LogP contribution in [0.25, 0.3) is 0 Å². The van der Waals surface area contributed by atoms with Crippen molar-refractivity contribution in [2.75, 3.05) is 23.4 Å². The van der Waals surface area contributed by atoms with Gasteiger partial charge >= 0.3 is 0 Å². The second-order valence-electron chi connectivity index (χ2n) is 4.74. The summed E-state index contributed by atoms with van der Waals surface area (Å²) in [5.41, 5.74) is 1.95. The van der Waals surface area contributed by atoms with Gasteiger partial charge in [0, 0.05) is 19.2 Å². The third-order valence-corrected chi connectivity index (χ3v) is 3.19. The first-order valence-electron chi connectivity index (χ1n) is 5.87. The highest BCUT2D eigenvalue weighted by Gasteiger charge is 2.25. The molecule has 6 nitrogen and oxygen atoms in total. The fourth-order valence-corrected chi connectivity index (χ4v) is 2.09. The van der Waals surface area contributed by atoms with Gasteiger partial charge in [-0.2, -0.15) is 0 Å². The van der Waals surface area contributed by atoms with Crippen molar-refractivity contribution < 1.29 is 5.11 Å². The number of hydrogen-bond donors (Lipinski definition) is 3. The first-order valence-corrected chi connectivity index (χ1v) is 5.87. The van der Waals surface area contributed by atoms with Gasteiger partial charge in [0.25, 0.3) is 0 Å². The highest BCUT2D eigenvalue weighted by Crippen LogP contribution is 2.24. The number of hydrazine groups is 1. The summed E-state index contributed by atoms with van der Waals surface area (Å²) in [4.78, 5) is 10.4. The number of rotatable bonds is 2. The van der Waals surface area contributed by atoms with Gasteiger partial charge in [-0.1, -0.05) is 0 Å². The van der Waals surface area contributed by atoms with E-state index in [1.807, 2.05) is 13.0 Å². The molecule has 0 bridgehead atoms. The quantitative estimate of drug-likeness (QED) is 0.513. The fraction of sp³-hybridized carbons (Fsp3) is 0.636. The molecule has 1 unspecified atom stereocenters. The molecule has 1 aliphatic heterocycles. The first-order chi connectivity index (χ1) is 8.11. The Balaban J connectivity index is 2.11. The Morgan fingerprint density at radius 2 is 2.24 bits per heavy atom. The maximum absolute atomic E-state index is 10.0. The van der Waals surface area contributed by atoms with E-state index in [-0.39, 0.29) is 0 Å². The standard InChI is InChI=1S/C11H19N5O/c1-11(17)3-2-5-16(6-4-11)10-7-9(15-12)13-8-14-10/h7-8,17H,2-6,12H2,1H3,(H,13,14,15). The van der Waals surface area contributed by atoms with E-state index < -0.39 is 5.60 Å². The number of nitrogens with two attached hydrogens (primary N) is 1. The van der Waals surface area contributed by atoms with Crippen LogP contribution in [0.2, 0.25) is 0 Å². The Morgan fingerprint density at radius 1 is 1.41 bits per heavy atom. The van der Waals surface area contributed by atoms with Gasteiger partial charge in [-0.25, -0.2) is 15.8 Å². The zero-order valence-electron chi connectivity index (χ0n) is 10.1. The van der Waals surface area contributed by atoms with Gasteiger partial charge in [0.2, 0.25) is 0 Å². The summed E-state index contributed by atoms with van der Waals surface area (Å²) in [6.07, 6.45) is 4.04. The van der Waals surface area contributed by atoms with Crippen LogP contribution in [0.1, 0.15) is 26.2 Å². The molecular weight excluding hydrogens is 218 g/mol. The van der Waals surface area contributed by atoms with E-state index in [1.54, 1.807) is 0 Å².